The number of hydrogen-bond acceptors (Lipinski definition) is 4. The first kappa shape index (κ1) is 9.54. The Balaban J connectivity index is 3.30. The lowest BCUT2D eigenvalue weighted by Crippen LogP contribution is -2.32. The molecule has 11 heavy (non-hydrogen) atoms. The average molecular weight is 162 g/mol. The van der Waals surface area contributed by atoms with Gasteiger partial charge in [-0.25, -0.2) is 9.59 Å². The first-order valence-corrected chi connectivity index (χ1v) is 3.06. The number of urea groups is 1. The van der Waals surface area contributed by atoms with Crippen molar-refractivity contribution in [2.45, 2.75) is 13.3 Å². The van der Waals surface area contributed by atoms with E-state index in [1.165, 1.54) is 0 Å². The van der Waals surface area contributed by atoms with Crippen molar-refractivity contribution in [1.29, 1.82) is 0 Å². The van der Waals surface area contributed by atoms with Crippen molar-refractivity contribution in [1.82, 2.24) is 5.48 Å². The summed E-state index contributed by atoms with van der Waals surface area (Å²) in [5, 5.41) is 0. The predicted molar refractivity (Wildman–Crippen MR) is 35.4 cm³/mol. The summed E-state index contributed by atoms with van der Waals surface area (Å²) < 4.78 is 4.41. The van der Waals surface area contributed by atoms with Crippen LogP contribution >= 0.6 is 0 Å². The molecule has 0 aromatic carbocycles. The molecule has 0 spiro atoms. The van der Waals surface area contributed by atoms with Gasteiger partial charge in [-0.3, -0.25) is 0 Å². The zero-order valence-corrected chi connectivity index (χ0v) is 6.12. The van der Waals surface area contributed by atoms with Gasteiger partial charge in [-0.05, 0) is 6.42 Å². The molecular weight excluding hydrogens is 152 g/mol. The second kappa shape index (κ2) is 5.33. The van der Waals surface area contributed by atoms with Crippen molar-refractivity contribution in [2.75, 3.05) is 6.61 Å². The van der Waals surface area contributed by atoms with E-state index in [9.17, 15) is 9.59 Å². The number of hydrogen-bond donors (Lipinski definition) is 2. The summed E-state index contributed by atoms with van der Waals surface area (Å²) in [6, 6.07) is -0.946. The van der Waals surface area contributed by atoms with E-state index in [1.54, 1.807) is 5.48 Å². The fraction of sp³-hybridized carbons (Fsp3) is 0.600. The van der Waals surface area contributed by atoms with E-state index in [0.29, 0.717) is 6.42 Å². The highest BCUT2D eigenvalue weighted by molar-refractivity contribution is 5.72. The van der Waals surface area contributed by atoms with Gasteiger partial charge in [0.1, 0.15) is 0 Å². The zero-order valence-electron chi connectivity index (χ0n) is 6.12. The molecule has 0 aliphatic heterocycles. The molecule has 0 rings (SSSR count). The Morgan fingerprint density at radius 2 is 2.18 bits per heavy atom. The molecule has 0 aromatic heterocycles. The van der Waals surface area contributed by atoms with Crippen LogP contribution in [-0.4, -0.2) is 18.8 Å². The van der Waals surface area contributed by atoms with Gasteiger partial charge in [-0.2, -0.15) is 5.48 Å². The van der Waals surface area contributed by atoms with Gasteiger partial charge in [0.25, 0.3) is 0 Å². The molecule has 0 aliphatic carbocycles. The molecule has 0 aliphatic rings. The molecule has 0 atom stereocenters. The van der Waals surface area contributed by atoms with E-state index in [1.807, 2.05) is 6.92 Å². The van der Waals surface area contributed by atoms with Gasteiger partial charge in [0.05, 0.1) is 6.61 Å². The normalized spacial score (nSPS) is 8.45. The van der Waals surface area contributed by atoms with Crippen LogP contribution in [0, 0.1) is 0 Å². The molecule has 0 bridgehead atoms. The average Bonchev–Trinajstić information content (AvgIpc) is 1.97. The Hall–Kier alpha value is -1.46. The molecule has 64 valence electrons. The lowest BCUT2D eigenvalue weighted by Gasteiger charge is -2.02. The topological polar surface area (TPSA) is 90.7 Å². The molecule has 3 N–H and O–H groups in total. The van der Waals surface area contributed by atoms with Gasteiger partial charge in [0.2, 0.25) is 0 Å². The summed E-state index contributed by atoms with van der Waals surface area (Å²) in [6.45, 7) is 2.08. The predicted octanol–water partition coefficient (Wildman–Crippen LogP) is 0.133. The van der Waals surface area contributed by atoms with Gasteiger partial charge >= 0.3 is 12.2 Å². The smallest absolute Gasteiger partial charge is 0.433 e. The summed E-state index contributed by atoms with van der Waals surface area (Å²) in [5.74, 6) is 0. The van der Waals surface area contributed by atoms with Gasteiger partial charge in [-0.1, -0.05) is 6.92 Å². The minimum atomic E-state index is -0.967. The van der Waals surface area contributed by atoms with E-state index in [0.717, 1.165) is 0 Å². The van der Waals surface area contributed by atoms with Crippen LogP contribution in [-0.2, 0) is 9.57 Å². The van der Waals surface area contributed by atoms with Crippen LogP contribution in [0.15, 0.2) is 0 Å². The molecule has 0 fully saturated rings. The van der Waals surface area contributed by atoms with Crippen LogP contribution in [0.3, 0.4) is 0 Å². The Kier molecular flexibility index (Phi) is 4.63. The maximum atomic E-state index is 10.4. The maximum absolute atomic E-state index is 10.4. The summed E-state index contributed by atoms with van der Waals surface area (Å²) in [4.78, 5) is 24.4. The second-order valence-corrected chi connectivity index (χ2v) is 1.67. The van der Waals surface area contributed by atoms with Crippen LogP contribution in [0.5, 0.6) is 0 Å². The minimum Gasteiger partial charge on any atom is -0.433 e. The molecular formula is C5H10N2O4. The van der Waals surface area contributed by atoms with Crippen LogP contribution in [0.25, 0.3) is 0 Å². The van der Waals surface area contributed by atoms with Crippen molar-refractivity contribution in [3.05, 3.63) is 0 Å². The largest absolute Gasteiger partial charge is 0.533 e. The fourth-order valence-electron chi connectivity index (χ4n) is 0.307. The van der Waals surface area contributed by atoms with Crippen molar-refractivity contribution < 1.29 is 19.2 Å². The highest BCUT2D eigenvalue weighted by atomic mass is 16.8. The Bertz CT molecular complexity index is 147. The van der Waals surface area contributed by atoms with E-state index in [4.69, 9.17) is 0 Å². The second-order valence-electron chi connectivity index (χ2n) is 1.67. The fourth-order valence-corrected chi connectivity index (χ4v) is 0.307. The molecule has 0 saturated carbocycles. The summed E-state index contributed by atoms with van der Waals surface area (Å²) in [5.41, 5.74) is 6.21. The Labute approximate surface area is 63.6 Å². The lowest BCUT2D eigenvalue weighted by atomic mass is 10.5. The molecule has 0 radical (unpaired) electrons. The molecule has 0 aromatic rings. The molecule has 0 heterocycles. The van der Waals surface area contributed by atoms with Gasteiger partial charge in [-0.15, -0.1) is 0 Å². The highest BCUT2D eigenvalue weighted by Gasteiger charge is 2.03. The summed E-state index contributed by atoms with van der Waals surface area (Å²) in [6.07, 6.45) is -0.281. The minimum absolute atomic E-state index is 0.249. The van der Waals surface area contributed by atoms with E-state index in [2.05, 4.69) is 15.3 Å². The van der Waals surface area contributed by atoms with Crippen molar-refractivity contribution in [3.63, 3.8) is 0 Å². The molecule has 6 heteroatoms. The van der Waals surface area contributed by atoms with Crippen LogP contribution in [0.1, 0.15) is 13.3 Å². The third-order valence-electron chi connectivity index (χ3n) is 0.659. The Morgan fingerprint density at radius 3 is 2.64 bits per heavy atom. The number of primary amides is 1. The Morgan fingerprint density at radius 1 is 1.55 bits per heavy atom. The van der Waals surface area contributed by atoms with E-state index < -0.39 is 12.2 Å². The van der Waals surface area contributed by atoms with Gasteiger partial charge < -0.3 is 15.3 Å². The van der Waals surface area contributed by atoms with Crippen molar-refractivity contribution in [3.8, 4) is 0 Å². The van der Waals surface area contributed by atoms with Gasteiger partial charge in [0, 0.05) is 0 Å². The monoisotopic (exact) mass is 162 g/mol. The first-order valence-electron chi connectivity index (χ1n) is 3.06. The van der Waals surface area contributed by atoms with Crippen LogP contribution in [0.2, 0.25) is 0 Å². The van der Waals surface area contributed by atoms with Crippen LogP contribution in [0.4, 0.5) is 9.59 Å². The number of hydroxylamine groups is 1. The number of rotatable bonds is 2. The van der Waals surface area contributed by atoms with E-state index in [-0.39, 0.29) is 6.61 Å². The quantitative estimate of drug-likeness (QED) is 0.446. The lowest BCUT2D eigenvalue weighted by molar-refractivity contribution is 0.0285. The van der Waals surface area contributed by atoms with Crippen molar-refractivity contribution >= 4 is 12.2 Å². The summed E-state index contributed by atoms with van der Waals surface area (Å²) in [7, 11) is 0. The van der Waals surface area contributed by atoms with E-state index >= 15 is 0 Å². The number of carbonyl (C=O) groups is 2. The SMILES string of the molecule is CCCOC(=O)ONC(N)=O. The standard InChI is InChI=1S/C5H10N2O4/c1-2-3-10-5(9)11-7-4(6)8/h2-3H2,1H3,(H3,6,7,8). The number of nitrogens with one attached hydrogen (secondary N) is 1. The van der Waals surface area contributed by atoms with Crippen LogP contribution < -0.4 is 11.2 Å². The number of nitrogens with two attached hydrogens (primary N) is 1. The van der Waals surface area contributed by atoms with Gasteiger partial charge in [0.15, 0.2) is 0 Å². The highest BCUT2D eigenvalue weighted by Crippen LogP contribution is 1.84. The summed E-state index contributed by atoms with van der Waals surface area (Å²) >= 11 is 0. The number of carbonyl (C=O) groups excluding carboxylic acids is 2. The number of ether oxygens (including phenoxy) is 1. The maximum Gasteiger partial charge on any atom is 0.533 e. The molecule has 2 amide bonds. The van der Waals surface area contributed by atoms with Crippen molar-refractivity contribution in [2.24, 2.45) is 5.73 Å². The number of amides is 2. The molecule has 0 saturated heterocycles. The first-order chi connectivity index (χ1) is 5.16. The molecule has 0 unspecified atom stereocenters. The third kappa shape index (κ3) is 6.42. The zero-order chi connectivity index (χ0) is 8.69. The molecule has 6 nitrogen and oxygen atoms in total. The third-order valence-corrected chi connectivity index (χ3v) is 0.659.